The number of benzene rings is 1. The lowest BCUT2D eigenvalue weighted by Crippen LogP contribution is -2.46. The van der Waals surface area contributed by atoms with Gasteiger partial charge in [0, 0.05) is 0 Å². The lowest BCUT2D eigenvalue weighted by Gasteiger charge is -2.15. The van der Waals surface area contributed by atoms with Crippen molar-refractivity contribution in [2.75, 3.05) is 19.2 Å². The Balaban J connectivity index is 2.34. The van der Waals surface area contributed by atoms with Crippen molar-refractivity contribution in [3.63, 3.8) is 0 Å². The first-order valence-corrected chi connectivity index (χ1v) is 5.07. The Morgan fingerprint density at radius 1 is 1.17 bits per heavy atom. The molecule has 0 saturated carbocycles. The maximum Gasteiger partial charge on any atom is 0.328 e. The van der Waals surface area contributed by atoms with Crippen LogP contribution in [0.5, 0.6) is 5.75 Å². The number of anilines is 1. The molecule has 1 aromatic carbocycles. The highest BCUT2D eigenvalue weighted by Gasteiger charge is 2.51. The number of hydrogen-bond donors (Lipinski definition) is 2. The monoisotopic (exact) mass is 252 g/mol. The van der Waals surface area contributed by atoms with Gasteiger partial charge >= 0.3 is 11.7 Å². The Morgan fingerprint density at radius 2 is 1.78 bits per heavy atom. The number of hydrazone groups is 1. The van der Waals surface area contributed by atoms with Crippen LogP contribution in [0.1, 0.15) is 0 Å². The number of methoxy groups -OCH3 is 2. The van der Waals surface area contributed by atoms with Crippen LogP contribution in [0, 0.1) is 0 Å². The van der Waals surface area contributed by atoms with Crippen LogP contribution in [0.25, 0.3) is 0 Å². The first-order chi connectivity index (χ1) is 8.50. The summed E-state index contributed by atoms with van der Waals surface area (Å²) >= 11 is 0. The third-order valence-corrected chi connectivity index (χ3v) is 2.49. The third kappa shape index (κ3) is 1.79. The first-order valence-electron chi connectivity index (χ1n) is 5.07. The van der Waals surface area contributed by atoms with Gasteiger partial charge in [-0.1, -0.05) is 0 Å². The van der Waals surface area contributed by atoms with Crippen molar-refractivity contribution in [3.8, 4) is 5.75 Å². The molecule has 1 aromatic rings. The molecular formula is C11H12N2O5. The predicted octanol–water partition coefficient (Wildman–Crippen LogP) is -0.317. The molecule has 1 aliphatic rings. The largest absolute Gasteiger partial charge is 0.497 e. The van der Waals surface area contributed by atoms with E-state index in [0.29, 0.717) is 11.4 Å². The van der Waals surface area contributed by atoms with E-state index in [4.69, 9.17) is 4.74 Å². The van der Waals surface area contributed by atoms with Gasteiger partial charge in [0.05, 0.1) is 19.9 Å². The van der Waals surface area contributed by atoms with E-state index in [2.05, 4.69) is 9.84 Å². The molecule has 1 aliphatic heterocycles. The Morgan fingerprint density at radius 3 is 2.22 bits per heavy atom. The van der Waals surface area contributed by atoms with Gasteiger partial charge in [0.2, 0.25) is 0 Å². The summed E-state index contributed by atoms with van der Waals surface area (Å²) in [7, 11) is 2.72. The summed E-state index contributed by atoms with van der Waals surface area (Å²) in [4.78, 5) is 11.8. The lowest BCUT2D eigenvalue weighted by molar-refractivity contribution is -0.159. The molecule has 0 saturated heterocycles. The highest BCUT2D eigenvalue weighted by Crippen LogP contribution is 2.26. The molecule has 0 unspecified atom stereocenters. The van der Waals surface area contributed by atoms with Gasteiger partial charge in [-0.15, -0.1) is 5.10 Å². The van der Waals surface area contributed by atoms with Crippen molar-refractivity contribution in [1.29, 1.82) is 0 Å². The molecule has 96 valence electrons. The maximum absolute atomic E-state index is 11.8. The van der Waals surface area contributed by atoms with Crippen molar-refractivity contribution in [2.45, 2.75) is 5.79 Å². The van der Waals surface area contributed by atoms with Crippen LogP contribution in [0.15, 0.2) is 29.4 Å². The quantitative estimate of drug-likeness (QED) is 0.704. The number of ether oxygens (including phenoxy) is 2. The van der Waals surface area contributed by atoms with Gasteiger partial charge in [-0.3, -0.25) is 4.79 Å². The normalized spacial score (nSPS) is 17.7. The van der Waals surface area contributed by atoms with E-state index >= 15 is 0 Å². The molecule has 0 aliphatic carbocycles. The molecule has 0 aromatic heterocycles. The van der Waals surface area contributed by atoms with E-state index in [-0.39, 0.29) is 0 Å². The molecule has 0 bridgehead atoms. The smallest absolute Gasteiger partial charge is 0.328 e. The molecule has 1 heterocycles. The fourth-order valence-corrected chi connectivity index (χ4v) is 1.53. The van der Waals surface area contributed by atoms with E-state index < -0.39 is 17.6 Å². The van der Waals surface area contributed by atoms with Gasteiger partial charge in [-0.25, -0.2) is 0 Å². The summed E-state index contributed by atoms with van der Waals surface area (Å²) in [5, 5.41) is 23.6. The Kier molecular flexibility index (Phi) is 2.93. The number of carbonyl (C=O) groups is 1. The van der Waals surface area contributed by atoms with Gasteiger partial charge < -0.3 is 19.7 Å². The van der Waals surface area contributed by atoms with Crippen LogP contribution < -0.4 is 9.75 Å². The number of amides is 1. The zero-order valence-corrected chi connectivity index (χ0v) is 9.82. The predicted molar refractivity (Wildman–Crippen MR) is 62.1 cm³/mol. The second kappa shape index (κ2) is 4.28. The number of nitrogens with zero attached hydrogens (tertiary/aromatic N) is 2. The molecule has 0 atom stereocenters. The van der Waals surface area contributed by atoms with E-state index in [1.54, 1.807) is 24.3 Å². The van der Waals surface area contributed by atoms with E-state index in [9.17, 15) is 15.0 Å². The minimum atomic E-state index is -2.73. The summed E-state index contributed by atoms with van der Waals surface area (Å²) < 4.78 is 9.64. The van der Waals surface area contributed by atoms with E-state index in [1.165, 1.54) is 14.2 Å². The van der Waals surface area contributed by atoms with Crippen molar-refractivity contribution >= 4 is 17.5 Å². The summed E-state index contributed by atoms with van der Waals surface area (Å²) in [6.45, 7) is 0. The molecule has 7 heteroatoms. The summed E-state index contributed by atoms with van der Waals surface area (Å²) in [6, 6.07) is 6.38. The van der Waals surface area contributed by atoms with E-state index in [0.717, 1.165) is 5.01 Å². The first kappa shape index (κ1) is 12.3. The molecule has 18 heavy (non-hydrogen) atoms. The standard InChI is InChI=1S/C11H12N2O5/c1-17-8-5-3-7(4-6-8)13-10(14)11(15,16)9(12-13)18-2/h3-6,15-16H,1-2H3. The molecule has 2 N–H and O–H groups in total. The lowest BCUT2D eigenvalue weighted by atomic mass is 10.2. The van der Waals surface area contributed by atoms with Gasteiger partial charge in [0.25, 0.3) is 5.90 Å². The van der Waals surface area contributed by atoms with Crippen LogP contribution in [0.3, 0.4) is 0 Å². The van der Waals surface area contributed by atoms with Crippen LogP contribution in [0.4, 0.5) is 5.69 Å². The highest BCUT2D eigenvalue weighted by molar-refractivity contribution is 6.17. The van der Waals surface area contributed by atoms with Crippen molar-refractivity contribution in [2.24, 2.45) is 5.10 Å². The molecule has 7 nitrogen and oxygen atoms in total. The fourth-order valence-electron chi connectivity index (χ4n) is 1.53. The fraction of sp³-hybridized carbons (Fsp3) is 0.273. The SMILES string of the molecule is COC1=NN(c2ccc(OC)cc2)C(=O)C1(O)O. The zero-order chi connectivity index (χ0) is 13.3. The van der Waals surface area contributed by atoms with Crippen molar-refractivity contribution in [3.05, 3.63) is 24.3 Å². The Bertz CT molecular complexity index is 495. The Hall–Kier alpha value is -2.12. The van der Waals surface area contributed by atoms with E-state index in [1.807, 2.05) is 0 Å². The van der Waals surface area contributed by atoms with Crippen molar-refractivity contribution in [1.82, 2.24) is 0 Å². The number of carbonyl (C=O) groups excluding carboxylic acids is 1. The average Bonchev–Trinajstić information content (AvgIpc) is 2.61. The number of hydrogen-bond acceptors (Lipinski definition) is 6. The van der Waals surface area contributed by atoms with Crippen LogP contribution in [-0.2, 0) is 9.53 Å². The average molecular weight is 252 g/mol. The third-order valence-electron chi connectivity index (χ3n) is 2.49. The van der Waals surface area contributed by atoms with Crippen LogP contribution >= 0.6 is 0 Å². The molecular weight excluding hydrogens is 240 g/mol. The molecule has 2 rings (SSSR count). The summed E-state index contributed by atoms with van der Waals surface area (Å²) in [6.07, 6.45) is 0. The molecule has 0 fully saturated rings. The van der Waals surface area contributed by atoms with Crippen LogP contribution in [-0.4, -0.2) is 42.0 Å². The highest BCUT2D eigenvalue weighted by atomic mass is 16.6. The summed E-state index contributed by atoms with van der Waals surface area (Å²) in [5.74, 6) is -3.58. The number of aliphatic hydroxyl groups is 2. The van der Waals surface area contributed by atoms with Crippen molar-refractivity contribution < 1.29 is 24.5 Å². The zero-order valence-electron chi connectivity index (χ0n) is 9.82. The Labute approximate surface area is 103 Å². The minimum Gasteiger partial charge on any atom is -0.497 e. The maximum atomic E-state index is 11.8. The minimum absolute atomic E-state index is 0.375. The second-order valence-corrected chi connectivity index (χ2v) is 3.60. The topological polar surface area (TPSA) is 91.6 Å². The van der Waals surface area contributed by atoms with Gasteiger partial charge in [0.1, 0.15) is 5.75 Å². The summed E-state index contributed by atoms with van der Waals surface area (Å²) in [5.41, 5.74) is 0.375. The molecule has 1 amide bonds. The van der Waals surface area contributed by atoms with Gasteiger partial charge in [-0.05, 0) is 24.3 Å². The molecule has 0 radical (unpaired) electrons. The second-order valence-electron chi connectivity index (χ2n) is 3.60. The van der Waals surface area contributed by atoms with Gasteiger partial charge in [0.15, 0.2) is 0 Å². The van der Waals surface area contributed by atoms with Gasteiger partial charge in [-0.2, -0.15) is 5.01 Å². The number of rotatable bonds is 2. The molecule has 0 spiro atoms. The van der Waals surface area contributed by atoms with Crippen LogP contribution in [0.2, 0.25) is 0 Å².